The van der Waals surface area contributed by atoms with Gasteiger partial charge in [0.1, 0.15) is 11.5 Å². The van der Waals surface area contributed by atoms with Crippen LogP contribution in [-0.4, -0.2) is 47.2 Å². The van der Waals surface area contributed by atoms with Crippen LogP contribution in [0.15, 0.2) is 16.5 Å². The number of piperidine rings is 1. The number of amides is 1. The summed E-state index contributed by atoms with van der Waals surface area (Å²) in [6.07, 6.45) is 8.53. The summed E-state index contributed by atoms with van der Waals surface area (Å²) in [5.41, 5.74) is -0.477. The van der Waals surface area contributed by atoms with Crippen molar-refractivity contribution >= 4 is 5.91 Å². The van der Waals surface area contributed by atoms with E-state index in [1.165, 1.54) is 6.42 Å². The number of aryl methyl sites for hydroxylation is 2. The Kier molecular flexibility index (Phi) is 6.18. The molecule has 3 rings (SSSR count). The van der Waals surface area contributed by atoms with Gasteiger partial charge in [-0.25, -0.2) is 0 Å². The average Bonchev–Trinajstić information content (AvgIpc) is 3.01. The van der Waals surface area contributed by atoms with Crippen LogP contribution in [0.2, 0.25) is 0 Å². The number of aliphatic hydroxyl groups is 1. The highest BCUT2D eigenvalue weighted by Crippen LogP contribution is 2.29. The summed E-state index contributed by atoms with van der Waals surface area (Å²) in [5, 5.41) is 13.9. The summed E-state index contributed by atoms with van der Waals surface area (Å²) in [7, 11) is 0. The van der Waals surface area contributed by atoms with Gasteiger partial charge < -0.3 is 19.7 Å². The van der Waals surface area contributed by atoms with Crippen molar-refractivity contribution in [2.75, 3.05) is 19.6 Å². The van der Waals surface area contributed by atoms with Crippen molar-refractivity contribution in [3.05, 3.63) is 23.7 Å². The molecule has 1 amide bonds. The van der Waals surface area contributed by atoms with Crippen molar-refractivity contribution < 1.29 is 14.3 Å². The number of furan rings is 1. The van der Waals surface area contributed by atoms with E-state index in [-0.39, 0.29) is 11.9 Å². The maximum absolute atomic E-state index is 12.1. The van der Waals surface area contributed by atoms with Crippen LogP contribution in [0.4, 0.5) is 0 Å². The third-order valence-corrected chi connectivity index (χ3v) is 5.65. The standard InChI is InChI=1S/C20H32N2O3/c1-16-5-6-18(25-16)7-8-19(23)21-17-9-13-22(14-10-17)15-20(24)11-3-2-4-12-20/h5-6,17,24H,2-4,7-15H2,1H3,(H,21,23). The quantitative estimate of drug-likeness (QED) is 0.830. The van der Waals surface area contributed by atoms with Crippen molar-refractivity contribution in [2.45, 2.75) is 76.4 Å². The van der Waals surface area contributed by atoms with Crippen LogP contribution in [0.25, 0.3) is 0 Å². The van der Waals surface area contributed by atoms with Gasteiger partial charge in [-0.3, -0.25) is 4.79 Å². The summed E-state index contributed by atoms with van der Waals surface area (Å²) in [6.45, 7) is 4.64. The molecular formula is C20H32N2O3. The zero-order valence-corrected chi connectivity index (χ0v) is 15.4. The molecule has 0 radical (unpaired) electrons. The number of β-amino-alcohol motifs (C(OH)–C–C–N with tert-alkyl or cyclic N) is 1. The fourth-order valence-electron chi connectivity index (χ4n) is 4.18. The van der Waals surface area contributed by atoms with Crippen molar-refractivity contribution in [1.29, 1.82) is 0 Å². The maximum atomic E-state index is 12.1. The SMILES string of the molecule is Cc1ccc(CCC(=O)NC2CCN(CC3(O)CCCCC3)CC2)o1. The molecule has 1 saturated heterocycles. The first kappa shape index (κ1) is 18.5. The van der Waals surface area contributed by atoms with E-state index in [1.807, 2.05) is 19.1 Å². The van der Waals surface area contributed by atoms with E-state index in [0.29, 0.717) is 12.8 Å². The van der Waals surface area contributed by atoms with E-state index < -0.39 is 5.60 Å². The number of likely N-dealkylation sites (tertiary alicyclic amines) is 1. The van der Waals surface area contributed by atoms with Gasteiger partial charge in [-0.05, 0) is 44.7 Å². The van der Waals surface area contributed by atoms with Crippen LogP contribution in [0.1, 0.15) is 62.9 Å². The molecule has 2 aliphatic rings. The second kappa shape index (κ2) is 8.37. The largest absolute Gasteiger partial charge is 0.466 e. The van der Waals surface area contributed by atoms with Crippen molar-refractivity contribution in [3.63, 3.8) is 0 Å². The molecule has 0 atom stereocenters. The predicted molar refractivity (Wildman–Crippen MR) is 97.4 cm³/mol. The van der Waals surface area contributed by atoms with Crippen molar-refractivity contribution in [2.24, 2.45) is 0 Å². The zero-order chi connectivity index (χ0) is 17.7. The van der Waals surface area contributed by atoms with Gasteiger partial charge in [0.05, 0.1) is 5.60 Å². The second-order valence-electron chi connectivity index (χ2n) is 7.92. The molecule has 2 heterocycles. The number of nitrogens with one attached hydrogen (secondary N) is 1. The highest BCUT2D eigenvalue weighted by Gasteiger charge is 2.32. The van der Waals surface area contributed by atoms with Gasteiger partial charge in [-0.1, -0.05) is 19.3 Å². The first-order valence-corrected chi connectivity index (χ1v) is 9.82. The third kappa shape index (κ3) is 5.58. The van der Waals surface area contributed by atoms with E-state index in [4.69, 9.17) is 4.42 Å². The first-order valence-electron chi connectivity index (χ1n) is 9.82. The first-order chi connectivity index (χ1) is 12.0. The topological polar surface area (TPSA) is 65.7 Å². The summed E-state index contributed by atoms with van der Waals surface area (Å²) in [5.74, 6) is 1.88. The smallest absolute Gasteiger partial charge is 0.220 e. The minimum atomic E-state index is -0.477. The molecule has 1 aromatic rings. The molecule has 1 aliphatic carbocycles. The minimum Gasteiger partial charge on any atom is -0.466 e. The molecule has 0 unspecified atom stereocenters. The van der Waals surface area contributed by atoms with Crippen LogP contribution in [0.3, 0.4) is 0 Å². The number of rotatable bonds is 6. The number of carbonyl (C=O) groups excluding carboxylic acids is 1. The molecule has 1 aliphatic heterocycles. The van der Waals surface area contributed by atoms with Crippen LogP contribution < -0.4 is 5.32 Å². The van der Waals surface area contributed by atoms with Crippen molar-refractivity contribution in [3.8, 4) is 0 Å². The molecule has 5 nitrogen and oxygen atoms in total. The zero-order valence-electron chi connectivity index (χ0n) is 15.4. The van der Waals surface area contributed by atoms with Crippen LogP contribution in [0, 0.1) is 6.92 Å². The Balaban J connectivity index is 1.35. The Morgan fingerprint density at radius 2 is 2.00 bits per heavy atom. The van der Waals surface area contributed by atoms with Crippen LogP contribution in [-0.2, 0) is 11.2 Å². The lowest BCUT2D eigenvalue weighted by Crippen LogP contribution is -2.50. The Morgan fingerprint density at radius 3 is 2.64 bits per heavy atom. The summed E-state index contributed by atoms with van der Waals surface area (Å²) < 4.78 is 5.51. The Bertz CT molecular complexity index is 555. The Morgan fingerprint density at radius 1 is 1.28 bits per heavy atom. The van der Waals surface area contributed by atoms with Gasteiger partial charge in [0.15, 0.2) is 0 Å². The number of nitrogens with zero attached hydrogens (tertiary/aromatic N) is 1. The minimum absolute atomic E-state index is 0.110. The predicted octanol–water partition coefficient (Wildman–Crippen LogP) is 2.80. The Labute approximate surface area is 150 Å². The average molecular weight is 348 g/mol. The van der Waals surface area contributed by atoms with E-state index >= 15 is 0 Å². The second-order valence-corrected chi connectivity index (χ2v) is 7.92. The van der Waals surface area contributed by atoms with Crippen LogP contribution >= 0.6 is 0 Å². The third-order valence-electron chi connectivity index (χ3n) is 5.65. The van der Waals surface area contributed by atoms with Gasteiger partial charge in [-0.2, -0.15) is 0 Å². The summed E-state index contributed by atoms with van der Waals surface area (Å²) >= 11 is 0. The lowest BCUT2D eigenvalue weighted by molar-refractivity contribution is -0.122. The van der Waals surface area contributed by atoms with Gasteiger partial charge >= 0.3 is 0 Å². The fraction of sp³-hybridized carbons (Fsp3) is 0.750. The normalized spacial score (nSPS) is 22.0. The highest BCUT2D eigenvalue weighted by atomic mass is 16.3. The number of carbonyl (C=O) groups is 1. The van der Waals surface area contributed by atoms with Gasteiger partial charge in [0, 0.05) is 38.5 Å². The van der Waals surface area contributed by atoms with Gasteiger partial charge in [0.2, 0.25) is 5.91 Å². The molecule has 140 valence electrons. The molecule has 1 saturated carbocycles. The molecule has 5 heteroatoms. The lowest BCUT2D eigenvalue weighted by atomic mass is 9.84. The van der Waals surface area contributed by atoms with Crippen molar-refractivity contribution in [1.82, 2.24) is 10.2 Å². The molecule has 0 bridgehead atoms. The van der Waals surface area contributed by atoms with Gasteiger partial charge in [-0.15, -0.1) is 0 Å². The number of hydrogen-bond acceptors (Lipinski definition) is 4. The van der Waals surface area contributed by atoms with Gasteiger partial charge in [0.25, 0.3) is 0 Å². The number of hydrogen-bond donors (Lipinski definition) is 2. The Hall–Kier alpha value is -1.33. The summed E-state index contributed by atoms with van der Waals surface area (Å²) in [4.78, 5) is 14.5. The molecule has 0 spiro atoms. The molecular weight excluding hydrogens is 316 g/mol. The molecule has 1 aromatic heterocycles. The monoisotopic (exact) mass is 348 g/mol. The van der Waals surface area contributed by atoms with E-state index in [2.05, 4.69) is 10.2 Å². The van der Waals surface area contributed by atoms with E-state index in [1.54, 1.807) is 0 Å². The van der Waals surface area contributed by atoms with E-state index in [9.17, 15) is 9.90 Å². The molecule has 25 heavy (non-hydrogen) atoms. The summed E-state index contributed by atoms with van der Waals surface area (Å²) in [6, 6.07) is 4.14. The molecule has 2 fully saturated rings. The molecule has 0 aromatic carbocycles. The highest BCUT2D eigenvalue weighted by molar-refractivity contribution is 5.76. The fourth-order valence-corrected chi connectivity index (χ4v) is 4.18. The van der Waals surface area contributed by atoms with E-state index in [0.717, 1.165) is 69.7 Å². The molecule has 2 N–H and O–H groups in total. The lowest BCUT2D eigenvalue weighted by Gasteiger charge is -2.40. The van der Waals surface area contributed by atoms with Crippen LogP contribution in [0.5, 0.6) is 0 Å². The maximum Gasteiger partial charge on any atom is 0.220 e.